The molecule has 1 amide bonds. The Morgan fingerprint density at radius 1 is 1.13 bits per heavy atom. The summed E-state index contributed by atoms with van der Waals surface area (Å²) in [5, 5.41) is 3.02. The number of para-hydroxylation sites is 1. The second-order valence-electron chi connectivity index (χ2n) is 7.60. The highest BCUT2D eigenvalue weighted by atomic mass is 19.1. The number of amides is 1. The van der Waals surface area contributed by atoms with Gasteiger partial charge in [0.05, 0.1) is 29.9 Å². The van der Waals surface area contributed by atoms with Crippen LogP contribution in [0.25, 0.3) is 11.0 Å². The molecule has 0 saturated heterocycles. The Morgan fingerprint density at radius 2 is 2.00 bits per heavy atom. The van der Waals surface area contributed by atoms with Crippen molar-refractivity contribution in [2.24, 2.45) is 0 Å². The zero-order chi connectivity index (χ0) is 21.4. The maximum atomic E-state index is 14.1. The van der Waals surface area contributed by atoms with Crippen LogP contribution < -0.4 is 10.1 Å². The molecule has 0 radical (unpaired) electrons. The molecule has 5 rings (SSSR count). The molecule has 31 heavy (non-hydrogen) atoms. The Morgan fingerprint density at radius 3 is 2.87 bits per heavy atom. The fraction of sp³-hybridized carbons (Fsp3) is 0.167. The van der Waals surface area contributed by atoms with E-state index in [1.54, 1.807) is 29.1 Å². The first-order chi connectivity index (χ1) is 15.1. The van der Waals surface area contributed by atoms with E-state index in [-0.39, 0.29) is 18.5 Å². The van der Waals surface area contributed by atoms with Gasteiger partial charge in [0, 0.05) is 17.2 Å². The van der Waals surface area contributed by atoms with Gasteiger partial charge in [-0.15, -0.1) is 0 Å². The summed E-state index contributed by atoms with van der Waals surface area (Å²) < 4.78 is 34.7. The lowest BCUT2D eigenvalue weighted by Gasteiger charge is -2.26. The molecule has 0 aliphatic carbocycles. The lowest BCUT2D eigenvalue weighted by atomic mass is 10.0. The molecule has 0 spiro atoms. The maximum absolute atomic E-state index is 14.1. The van der Waals surface area contributed by atoms with Crippen molar-refractivity contribution in [3.63, 3.8) is 0 Å². The summed E-state index contributed by atoms with van der Waals surface area (Å²) in [5.74, 6) is -0.597. The zero-order valence-corrected chi connectivity index (χ0v) is 16.5. The smallest absolute Gasteiger partial charge is 0.251 e. The molecule has 5 nitrogen and oxygen atoms in total. The van der Waals surface area contributed by atoms with E-state index in [9.17, 15) is 13.6 Å². The lowest BCUT2D eigenvalue weighted by molar-refractivity contribution is 0.0915. The molecule has 1 aromatic heterocycles. The molecule has 1 atom stereocenters. The molecule has 2 heterocycles. The van der Waals surface area contributed by atoms with Crippen LogP contribution in [0.3, 0.4) is 0 Å². The Hall–Kier alpha value is -3.74. The Labute approximate surface area is 177 Å². The highest BCUT2D eigenvalue weighted by Gasteiger charge is 2.22. The van der Waals surface area contributed by atoms with E-state index in [0.717, 1.165) is 17.4 Å². The van der Waals surface area contributed by atoms with E-state index in [0.29, 0.717) is 35.2 Å². The van der Waals surface area contributed by atoms with Crippen molar-refractivity contribution < 1.29 is 18.3 Å². The van der Waals surface area contributed by atoms with Gasteiger partial charge in [-0.1, -0.05) is 24.3 Å². The van der Waals surface area contributed by atoms with E-state index in [2.05, 4.69) is 10.3 Å². The van der Waals surface area contributed by atoms with Crippen molar-refractivity contribution in [1.82, 2.24) is 14.9 Å². The van der Waals surface area contributed by atoms with Crippen LogP contribution in [0.5, 0.6) is 5.75 Å². The van der Waals surface area contributed by atoms with Gasteiger partial charge in [0.1, 0.15) is 24.0 Å². The molecule has 7 heteroatoms. The highest BCUT2D eigenvalue weighted by molar-refractivity contribution is 5.97. The monoisotopic (exact) mass is 419 g/mol. The van der Waals surface area contributed by atoms with Gasteiger partial charge in [-0.3, -0.25) is 4.79 Å². The summed E-state index contributed by atoms with van der Waals surface area (Å²) in [4.78, 5) is 17.2. The third kappa shape index (κ3) is 3.86. The van der Waals surface area contributed by atoms with Gasteiger partial charge < -0.3 is 14.6 Å². The van der Waals surface area contributed by atoms with E-state index in [4.69, 9.17) is 4.74 Å². The topological polar surface area (TPSA) is 56.1 Å². The number of fused-ring (bicyclic) bond motifs is 2. The van der Waals surface area contributed by atoms with Crippen LogP contribution in [0.15, 0.2) is 67.0 Å². The number of carbonyl (C=O) groups excluding carboxylic acids is 1. The average molecular weight is 419 g/mol. The number of hydrogen-bond acceptors (Lipinski definition) is 3. The van der Waals surface area contributed by atoms with Crippen molar-refractivity contribution in [2.45, 2.75) is 19.0 Å². The highest BCUT2D eigenvalue weighted by Crippen LogP contribution is 2.24. The molecule has 1 N–H and O–H groups in total. The number of benzene rings is 3. The molecule has 1 aliphatic rings. The number of carbonyl (C=O) groups is 1. The Kier molecular flexibility index (Phi) is 4.86. The number of nitrogens with zero attached hydrogens (tertiary/aromatic N) is 2. The summed E-state index contributed by atoms with van der Waals surface area (Å²) >= 11 is 0. The minimum atomic E-state index is -0.620. The lowest BCUT2D eigenvalue weighted by Crippen LogP contribution is -2.42. The van der Waals surface area contributed by atoms with E-state index >= 15 is 0 Å². The van der Waals surface area contributed by atoms with Crippen molar-refractivity contribution in [2.75, 3.05) is 6.61 Å². The van der Waals surface area contributed by atoms with Crippen LogP contribution >= 0.6 is 0 Å². The van der Waals surface area contributed by atoms with Crippen LogP contribution in [-0.4, -0.2) is 28.1 Å². The molecule has 1 unspecified atom stereocenters. The van der Waals surface area contributed by atoms with Gasteiger partial charge in [0.25, 0.3) is 5.91 Å². The van der Waals surface area contributed by atoms with E-state index in [1.807, 2.05) is 24.3 Å². The molecule has 156 valence electrons. The van der Waals surface area contributed by atoms with Gasteiger partial charge >= 0.3 is 0 Å². The number of hydrogen-bond donors (Lipinski definition) is 1. The normalized spacial score (nSPS) is 15.4. The first-order valence-electron chi connectivity index (χ1n) is 9.97. The zero-order valence-electron chi connectivity index (χ0n) is 16.5. The Bertz CT molecular complexity index is 1290. The summed E-state index contributed by atoms with van der Waals surface area (Å²) in [5.41, 5.74) is 3.27. The van der Waals surface area contributed by atoms with Gasteiger partial charge in [-0.25, -0.2) is 13.8 Å². The molecule has 4 aromatic rings. The van der Waals surface area contributed by atoms with Crippen LogP contribution in [-0.2, 0) is 13.0 Å². The van der Waals surface area contributed by atoms with Crippen molar-refractivity contribution in [3.8, 4) is 5.75 Å². The van der Waals surface area contributed by atoms with E-state index < -0.39 is 11.6 Å². The molecule has 0 fully saturated rings. The second kappa shape index (κ2) is 7.83. The minimum absolute atomic E-state index is 0.128. The number of ether oxygens (including phenoxy) is 1. The van der Waals surface area contributed by atoms with Crippen LogP contribution in [0.4, 0.5) is 8.78 Å². The Balaban J connectivity index is 1.36. The fourth-order valence-electron chi connectivity index (χ4n) is 3.85. The largest absolute Gasteiger partial charge is 0.491 e. The van der Waals surface area contributed by atoms with Gasteiger partial charge in [0.15, 0.2) is 0 Å². The van der Waals surface area contributed by atoms with Crippen molar-refractivity contribution in [3.05, 3.63) is 95.3 Å². The number of halogens is 2. The number of nitrogens with one attached hydrogen (secondary N) is 1. The first-order valence-corrected chi connectivity index (χ1v) is 9.97. The molecule has 3 aromatic carbocycles. The fourth-order valence-corrected chi connectivity index (χ4v) is 3.85. The maximum Gasteiger partial charge on any atom is 0.251 e. The SMILES string of the molecule is O=C(NC1COc2ccccc2C1)c1ccc2ncn(Cc3ccc(F)cc3F)c2c1. The standard InChI is InChI=1S/C24H19F2N3O2/c25-18-7-5-17(20(26)11-18)12-29-14-27-21-8-6-16(10-22(21)29)24(30)28-19-9-15-3-1-2-4-23(15)31-13-19/h1-8,10-11,14,19H,9,12-13H2,(H,28,30). The molecular formula is C24H19F2N3O2. The van der Waals surface area contributed by atoms with Crippen molar-refractivity contribution in [1.29, 1.82) is 0 Å². The quantitative estimate of drug-likeness (QED) is 0.542. The van der Waals surface area contributed by atoms with Crippen LogP contribution in [0.1, 0.15) is 21.5 Å². The van der Waals surface area contributed by atoms with Gasteiger partial charge in [-0.2, -0.15) is 0 Å². The van der Waals surface area contributed by atoms with Crippen LogP contribution in [0, 0.1) is 11.6 Å². The third-order valence-electron chi connectivity index (χ3n) is 5.45. The number of imidazole rings is 1. The number of rotatable bonds is 4. The summed E-state index contributed by atoms with van der Waals surface area (Å²) in [6.07, 6.45) is 2.28. The summed E-state index contributed by atoms with van der Waals surface area (Å²) in [6, 6.07) is 16.4. The third-order valence-corrected chi connectivity index (χ3v) is 5.45. The molecule has 0 saturated carbocycles. The van der Waals surface area contributed by atoms with E-state index in [1.165, 1.54) is 12.1 Å². The average Bonchev–Trinajstić information content (AvgIpc) is 3.17. The molecule has 1 aliphatic heterocycles. The molecule has 0 bridgehead atoms. The van der Waals surface area contributed by atoms with Crippen molar-refractivity contribution >= 4 is 16.9 Å². The summed E-state index contributed by atoms with van der Waals surface area (Å²) in [7, 11) is 0. The molecular weight excluding hydrogens is 400 g/mol. The first kappa shape index (κ1) is 19.2. The summed E-state index contributed by atoms with van der Waals surface area (Å²) in [6.45, 7) is 0.591. The number of aromatic nitrogens is 2. The predicted octanol–water partition coefficient (Wildman–Crippen LogP) is 4.10. The van der Waals surface area contributed by atoms with Gasteiger partial charge in [0.2, 0.25) is 0 Å². The van der Waals surface area contributed by atoms with Gasteiger partial charge in [-0.05, 0) is 42.3 Å². The minimum Gasteiger partial charge on any atom is -0.491 e. The van der Waals surface area contributed by atoms with Crippen LogP contribution in [0.2, 0.25) is 0 Å². The second-order valence-corrected chi connectivity index (χ2v) is 7.60. The predicted molar refractivity (Wildman–Crippen MR) is 112 cm³/mol.